The van der Waals surface area contributed by atoms with Gasteiger partial charge < -0.3 is 36.1 Å². The molecule has 0 aromatic heterocycles. The van der Waals surface area contributed by atoms with E-state index in [2.05, 4.69) is 24.1 Å². The van der Waals surface area contributed by atoms with Crippen molar-refractivity contribution in [3.63, 3.8) is 0 Å². The third-order valence-electron chi connectivity index (χ3n) is 9.03. The topological polar surface area (TPSA) is 170 Å². The highest BCUT2D eigenvalue weighted by Gasteiger charge is 2.34. The molecule has 0 saturated carbocycles. The summed E-state index contributed by atoms with van der Waals surface area (Å²) in [6, 6.07) is 4.33. The monoisotopic (exact) mass is 749 g/mol. The number of hydrogen-bond donors (Lipinski definition) is 4. The lowest BCUT2D eigenvalue weighted by Gasteiger charge is -2.32. The first-order chi connectivity index (χ1) is 22.7. The Morgan fingerprint density at radius 1 is 1.00 bits per heavy atom. The standard InChI is InChI=1S/C36H63N5O7.2ClH/c1-24(2)22-41(36(38)45)35(44)30(26(5)6)20-32(42)31(37)19-28(25(3)4)21-39-34(43)29-11-10-27(23-40-12-16-47-17-13-40)18-33(29)48-15-9-8-14-46-7;;/h10-11,18,24-26,28,30-32,42H,8-9,12-17,19-23,37H2,1-7H3,(H2,38,45)(H,39,43);2*1H. The summed E-state index contributed by atoms with van der Waals surface area (Å²) >= 11 is 0. The van der Waals surface area contributed by atoms with E-state index in [9.17, 15) is 19.5 Å². The first kappa shape index (κ1) is 47.8. The molecule has 1 aliphatic rings. The lowest BCUT2D eigenvalue weighted by atomic mass is 9.83. The molecular weight excluding hydrogens is 685 g/mol. The molecule has 0 radical (unpaired) electrons. The Hall–Kier alpha value is -2.19. The fraction of sp³-hybridized carbons (Fsp3) is 0.750. The number of benzene rings is 1. The summed E-state index contributed by atoms with van der Waals surface area (Å²) in [4.78, 5) is 42.3. The van der Waals surface area contributed by atoms with Crippen molar-refractivity contribution in [2.75, 3.05) is 59.7 Å². The molecule has 12 nitrogen and oxygen atoms in total. The van der Waals surface area contributed by atoms with Crippen molar-refractivity contribution < 1.29 is 33.7 Å². The van der Waals surface area contributed by atoms with Crippen molar-refractivity contribution in [2.45, 2.75) is 85.9 Å². The van der Waals surface area contributed by atoms with Crippen molar-refractivity contribution in [3.05, 3.63) is 29.3 Å². The zero-order chi connectivity index (χ0) is 35.8. The van der Waals surface area contributed by atoms with Crippen LogP contribution in [0.5, 0.6) is 5.75 Å². The summed E-state index contributed by atoms with van der Waals surface area (Å²) < 4.78 is 16.8. The average molecular weight is 751 g/mol. The van der Waals surface area contributed by atoms with Gasteiger partial charge in [-0.1, -0.05) is 47.6 Å². The number of rotatable bonds is 21. The molecule has 14 heteroatoms. The van der Waals surface area contributed by atoms with E-state index in [1.165, 1.54) is 0 Å². The van der Waals surface area contributed by atoms with Gasteiger partial charge in [0.15, 0.2) is 0 Å². The minimum atomic E-state index is -0.982. The maximum absolute atomic E-state index is 13.5. The van der Waals surface area contributed by atoms with Crippen LogP contribution in [0.1, 0.15) is 83.1 Å². The molecule has 0 aliphatic carbocycles. The van der Waals surface area contributed by atoms with E-state index < -0.39 is 30.0 Å². The molecule has 290 valence electrons. The zero-order valence-electron chi connectivity index (χ0n) is 31.2. The molecule has 4 atom stereocenters. The van der Waals surface area contributed by atoms with Crippen molar-refractivity contribution in [1.82, 2.24) is 15.1 Å². The Morgan fingerprint density at radius 3 is 2.20 bits per heavy atom. The number of carbonyl (C=O) groups is 3. The van der Waals surface area contributed by atoms with Crippen LogP contribution in [0.15, 0.2) is 18.2 Å². The molecule has 0 bridgehead atoms. The Balaban J connectivity index is 0.0000120. The van der Waals surface area contributed by atoms with Crippen LogP contribution in [0, 0.1) is 29.6 Å². The van der Waals surface area contributed by atoms with Gasteiger partial charge in [-0.25, -0.2) is 4.79 Å². The van der Waals surface area contributed by atoms with Gasteiger partial charge in [0.1, 0.15) is 5.75 Å². The van der Waals surface area contributed by atoms with Gasteiger partial charge in [-0.15, -0.1) is 24.8 Å². The largest absolute Gasteiger partial charge is 0.493 e. The van der Waals surface area contributed by atoms with E-state index in [1.807, 2.05) is 45.9 Å². The highest BCUT2D eigenvalue weighted by Crippen LogP contribution is 2.26. The molecule has 0 spiro atoms. The maximum Gasteiger partial charge on any atom is 0.321 e. The molecule has 4 unspecified atom stereocenters. The molecule has 1 fully saturated rings. The SMILES string of the molecule is COCCCCOc1cc(CN2CCOCC2)ccc1C(=O)NCC(CC(N)C(O)CC(C(=O)N(CC(C)C)C(N)=O)C(C)C)C(C)C.Cl.Cl. The Kier molecular flexibility index (Phi) is 23.8. The molecule has 6 N–H and O–H groups in total. The number of nitrogens with one attached hydrogen (secondary N) is 1. The number of nitrogens with two attached hydrogens (primary N) is 2. The molecule has 4 amide bonds. The van der Waals surface area contributed by atoms with Gasteiger partial charge >= 0.3 is 6.03 Å². The molecule has 1 aromatic carbocycles. The number of halogens is 2. The number of nitrogens with zero attached hydrogens (tertiary/aromatic N) is 2. The van der Waals surface area contributed by atoms with E-state index in [0.29, 0.717) is 50.7 Å². The van der Waals surface area contributed by atoms with Crippen LogP contribution in [0.2, 0.25) is 0 Å². The normalized spacial score (nSPS) is 15.8. The number of carbonyl (C=O) groups excluding carboxylic acids is 3. The summed E-state index contributed by atoms with van der Waals surface area (Å²) in [7, 11) is 1.67. The number of hydrogen-bond acceptors (Lipinski definition) is 9. The number of primary amides is 1. The maximum atomic E-state index is 13.5. The van der Waals surface area contributed by atoms with E-state index in [4.69, 9.17) is 25.7 Å². The van der Waals surface area contributed by atoms with Gasteiger partial charge in [0.2, 0.25) is 5.91 Å². The van der Waals surface area contributed by atoms with Gasteiger partial charge in [0.05, 0.1) is 31.5 Å². The summed E-state index contributed by atoms with van der Waals surface area (Å²) in [6.45, 7) is 17.3. The fourth-order valence-corrected chi connectivity index (χ4v) is 5.88. The molecule has 1 aliphatic heterocycles. The number of aliphatic hydroxyl groups is 1. The van der Waals surface area contributed by atoms with E-state index in [-0.39, 0.29) is 67.4 Å². The summed E-state index contributed by atoms with van der Waals surface area (Å²) in [5.74, 6) is -0.641. The molecule has 2 rings (SSSR count). The van der Waals surface area contributed by atoms with Crippen molar-refractivity contribution >= 4 is 42.7 Å². The number of aliphatic hydroxyl groups excluding tert-OH is 1. The predicted octanol–water partition coefficient (Wildman–Crippen LogP) is 4.47. The van der Waals surface area contributed by atoms with Crippen molar-refractivity contribution in [2.24, 2.45) is 41.1 Å². The molecule has 1 heterocycles. The molecule has 50 heavy (non-hydrogen) atoms. The lowest BCUT2D eigenvalue weighted by molar-refractivity contribution is -0.135. The van der Waals surface area contributed by atoms with Gasteiger partial charge in [0, 0.05) is 58.4 Å². The Bertz CT molecular complexity index is 1140. The summed E-state index contributed by atoms with van der Waals surface area (Å²) in [5.41, 5.74) is 13.6. The number of unbranched alkanes of at least 4 members (excludes halogenated alkanes) is 1. The summed E-state index contributed by atoms with van der Waals surface area (Å²) in [6.07, 6.45) is 1.23. The first-order valence-corrected chi connectivity index (χ1v) is 17.6. The Labute approximate surface area is 312 Å². The van der Waals surface area contributed by atoms with Crippen molar-refractivity contribution in [1.29, 1.82) is 0 Å². The molecular formula is C36H65Cl2N5O7. The number of imide groups is 1. The van der Waals surface area contributed by atoms with Crippen LogP contribution in [0.3, 0.4) is 0 Å². The van der Waals surface area contributed by atoms with Gasteiger partial charge in [-0.05, 0) is 67.1 Å². The minimum Gasteiger partial charge on any atom is -0.493 e. The van der Waals surface area contributed by atoms with E-state index in [1.54, 1.807) is 7.11 Å². The number of morpholine rings is 1. The second-order valence-electron chi connectivity index (χ2n) is 14.2. The van der Waals surface area contributed by atoms with Crippen LogP contribution >= 0.6 is 24.8 Å². The number of urea groups is 1. The summed E-state index contributed by atoms with van der Waals surface area (Å²) in [5, 5.41) is 14.2. The van der Waals surface area contributed by atoms with Crippen molar-refractivity contribution in [3.8, 4) is 5.75 Å². The second kappa shape index (κ2) is 24.9. The highest BCUT2D eigenvalue weighted by atomic mass is 35.5. The van der Waals surface area contributed by atoms with Crippen LogP contribution in [0.25, 0.3) is 0 Å². The van der Waals surface area contributed by atoms with Crippen LogP contribution in [-0.4, -0.2) is 105 Å². The third kappa shape index (κ3) is 16.4. The molecule has 1 saturated heterocycles. The number of amides is 4. The fourth-order valence-electron chi connectivity index (χ4n) is 5.88. The Morgan fingerprint density at radius 2 is 1.64 bits per heavy atom. The quantitative estimate of drug-likeness (QED) is 0.133. The third-order valence-corrected chi connectivity index (χ3v) is 9.03. The predicted molar refractivity (Wildman–Crippen MR) is 202 cm³/mol. The zero-order valence-corrected chi connectivity index (χ0v) is 32.9. The minimum absolute atomic E-state index is 0. The highest BCUT2D eigenvalue weighted by molar-refractivity contribution is 5.97. The second-order valence-corrected chi connectivity index (χ2v) is 14.2. The van der Waals surface area contributed by atoms with Gasteiger partial charge in [0.25, 0.3) is 5.91 Å². The van der Waals surface area contributed by atoms with Crippen LogP contribution in [-0.2, 0) is 20.8 Å². The van der Waals surface area contributed by atoms with Crippen LogP contribution in [0.4, 0.5) is 4.79 Å². The van der Waals surface area contributed by atoms with Crippen LogP contribution < -0.4 is 21.5 Å². The number of methoxy groups -OCH3 is 1. The van der Waals surface area contributed by atoms with Gasteiger partial charge in [-0.3, -0.25) is 19.4 Å². The molecule has 1 aromatic rings. The van der Waals surface area contributed by atoms with Gasteiger partial charge in [-0.2, -0.15) is 0 Å². The number of ether oxygens (including phenoxy) is 3. The van der Waals surface area contributed by atoms with E-state index in [0.717, 1.165) is 42.9 Å². The lowest BCUT2D eigenvalue weighted by Crippen LogP contribution is -2.49. The smallest absolute Gasteiger partial charge is 0.321 e. The average Bonchev–Trinajstić information content (AvgIpc) is 3.03. The first-order valence-electron chi connectivity index (χ1n) is 17.6. The van der Waals surface area contributed by atoms with E-state index >= 15 is 0 Å².